The monoisotopic (exact) mass is 527 g/mol. The van der Waals surface area contributed by atoms with Gasteiger partial charge in [0.1, 0.15) is 28.7 Å². The van der Waals surface area contributed by atoms with Crippen molar-refractivity contribution in [2.45, 2.75) is 0 Å². The Labute approximate surface area is 234 Å². The molecule has 0 fully saturated rings. The minimum atomic E-state index is 0.701. The standard InChI is InChI=1S/C34H29N3O3/c1-36-16-17-37(24-36)28-9-7-13-31(22-28)40-30-12-6-8-26(18-30)34-21-25(14-15-35-34)27-19-32(38-2)23-33(20-27)39-29-10-4-3-5-11-29/h3-23H,24H2,1-2H3. The van der Waals surface area contributed by atoms with E-state index in [9.17, 15) is 0 Å². The zero-order chi connectivity index (χ0) is 27.3. The van der Waals surface area contributed by atoms with E-state index < -0.39 is 0 Å². The lowest BCUT2D eigenvalue weighted by molar-refractivity contribution is 0.409. The smallest absolute Gasteiger partial charge is 0.131 e. The number of aromatic nitrogens is 1. The molecule has 198 valence electrons. The molecule has 1 aromatic heterocycles. The minimum absolute atomic E-state index is 0.701. The van der Waals surface area contributed by atoms with Crippen LogP contribution in [0, 0.1) is 0 Å². The second-order valence-corrected chi connectivity index (χ2v) is 9.54. The first-order valence-corrected chi connectivity index (χ1v) is 13.0. The van der Waals surface area contributed by atoms with Crippen LogP contribution in [0.5, 0.6) is 28.7 Å². The lowest BCUT2D eigenvalue weighted by Gasteiger charge is -2.19. The molecule has 4 aromatic carbocycles. The predicted molar refractivity (Wildman–Crippen MR) is 159 cm³/mol. The lowest BCUT2D eigenvalue weighted by atomic mass is 10.0. The summed E-state index contributed by atoms with van der Waals surface area (Å²) in [5.41, 5.74) is 4.86. The van der Waals surface area contributed by atoms with E-state index in [1.807, 2.05) is 103 Å². The third kappa shape index (κ3) is 5.76. The van der Waals surface area contributed by atoms with Gasteiger partial charge in [-0.2, -0.15) is 0 Å². The van der Waals surface area contributed by atoms with Gasteiger partial charge in [-0.1, -0.05) is 36.4 Å². The molecule has 0 aliphatic carbocycles. The zero-order valence-corrected chi connectivity index (χ0v) is 22.4. The van der Waals surface area contributed by atoms with E-state index in [0.717, 1.165) is 57.7 Å². The summed E-state index contributed by atoms with van der Waals surface area (Å²) in [6, 6.07) is 35.8. The quantitative estimate of drug-likeness (QED) is 0.203. The van der Waals surface area contributed by atoms with Crippen LogP contribution in [-0.2, 0) is 0 Å². The van der Waals surface area contributed by atoms with Crippen molar-refractivity contribution in [2.75, 3.05) is 25.7 Å². The number of ether oxygens (including phenoxy) is 3. The Bertz CT molecular complexity index is 1650. The molecule has 2 heterocycles. The maximum absolute atomic E-state index is 6.26. The summed E-state index contributed by atoms with van der Waals surface area (Å²) in [7, 11) is 3.71. The maximum atomic E-state index is 6.26. The molecule has 40 heavy (non-hydrogen) atoms. The van der Waals surface area contributed by atoms with Crippen LogP contribution in [0.15, 0.2) is 128 Å². The molecule has 6 nitrogen and oxygen atoms in total. The van der Waals surface area contributed by atoms with E-state index in [0.29, 0.717) is 5.75 Å². The average molecular weight is 528 g/mol. The molecule has 0 bridgehead atoms. The summed E-state index contributed by atoms with van der Waals surface area (Å²) in [5.74, 6) is 3.71. The molecule has 5 aromatic rings. The van der Waals surface area contributed by atoms with Crippen LogP contribution in [-0.4, -0.2) is 30.7 Å². The second-order valence-electron chi connectivity index (χ2n) is 9.54. The lowest BCUT2D eigenvalue weighted by Crippen LogP contribution is -2.21. The highest BCUT2D eigenvalue weighted by Gasteiger charge is 2.12. The summed E-state index contributed by atoms with van der Waals surface area (Å²) in [6.45, 7) is 0.814. The predicted octanol–water partition coefficient (Wildman–Crippen LogP) is 8.19. The molecule has 0 saturated carbocycles. The first kappa shape index (κ1) is 25.1. The molecule has 0 spiro atoms. The van der Waals surface area contributed by atoms with Crippen molar-refractivity contribution in [1.29, 1.82) is 0 Å². The number of methoxy groups -OCH3 is 1. The molecule has 0 atom stereocenters. The molecule has 0 amide bonds. The van der Waals surface area contributed by atoms with Gasteiger partial charge in [-0.3, -0.25) is 4.98 Å². The van der Waals surface area contributed by atoms with Crippen LogP contribution in [0.4, 0.5) is 5.69 Å². The van der Waals surface area contributed by atoms with Crippen LogP contribution in [0.25, 0.3) is 22.4 Å². The number of hydrogen-bond donors (Lipinski definition) is 0. The van der Waals surface area contributed by atoms with Gasteiger partial charge >= 0.3 is 0 Å². The third-order valence-electron chi connectivity index (χ3n) is 6.58. The van der Waals surface area contributed by atoms with Gasteiger partial charge in [-0.05, 0) is 71.8 Å². The number of para-hydroxylation sites is 1. The van der Waals surface area contributed by atoms with Crippen LogP contribution in [0.1, 0.15) is 0 Å². The van der Waals surface area contributed by atoms with Gasteiger partial charge in [-0.15, -0.1) is 0 Å². The number of anilines is 1. The fourth-order valence-corrected chi connectivity index (χ4v) is 4.59. The van der Waals surface area contributed by atoms with Crippen LogP contribution >= 0.6 is 0 Å². The summed E-state index contributed by atoms with van der Waals surface area (Å²) >= 11 is 0. The van der Waals surface area contributed by atoms with Crippen molar-refractivity contribution in [1.82, 2.24) is 9.88 Å². The molecule has 0 N–H and O–H groups in total. The first-order chi connectivity index (χ1) is 19.6. The van der Waals surface area contributed by atoms with Gasteiger partial charge in [0.05, 0.1) is 19.5 Å². The fourth-order valence-electron chi connectivity index (χ4n) is 4.59. The fraction of sp³-hybridized carbons (Fsp3) is 0.0882. The van der Waals surface area contributed by atoms with Crippen LogP contribution < -0.4 is 19.1 Å². The molecule has 6 rings (SSSR count). The van der Waals surface area contributed by atoms with Crippen molar-refractivity contribution < 1.29 is 14.2 Å². The maximum Gasteiger partial charge on any atom is 0.131 e. The van der Waals surface area contributed by atoms with Gasteiger partial charge in [0.15, 0.2) is 0 Å². The Morgan fingerprint density at radius 3 is 2.12 bits per heavy atom. The normalized spacial score (nSPS) is 12.4. The third-order valence-corrected chi connectivity index (χ3v) is 6.58. The van der Waals surface area contributed by atoms with Gasteiger partial charge in [-0.25, -0.2) is 0 Å². The molecule has 6 heteroatoms. The van der Waals surface area contributed by atoms with Gasteiger partial charge in [0, 0.05) is 49.0 Å². The number of benzene rings is 4. The highest BCUT2D eigenvalue weighted by Crippen LogP contribution is 2.35. The Morgan fingerprint density at radius 1 is 0.600 bits per heavy atom. The Hall–Kier alpha value is -5.23. The molecule has 1 aliphatic heterocycles. The molecule has 0 saturated heterocycles. The van der Waals surface area contributed by atoms with Crippen molar-refractivity contribution in [2.24, 2.45) is 0 Å². The van der Waals surface area contributed by atoms with E-state index >= 15 is 0 Å². The van der Waals surface area contributed by atoms with E-state index in [1.54, 1.807) is 7.11 Å². The van der Waals surface area contributed by atoms with Crippen molar-refractivity contribution in [3.8, 4) is 51.1 Å². The Balaban J connectivity index is 1.25. The molecule has 0 unspecified atom stereocenters. The van der Waals surface area contributed by atoms with Gasteiger partial charge < -0.3 is 24.0 Å². The minimum Gasteiger partial charge on any atom is -0.497 e. The second kappa shape index (κ2) is 11.3. The zero-order valence-electron chi connectivity index (χ0n) is 22.4. The highest BCUT2D eigenvalue weighted by atomic mass is 16.5. The number of pyridine rings is 1. The summed E-state index contributed by atoms with van der Waals surface area (Å²) in [5, 5.41) is 0. The summed E-state index contributed by atoms with van der Waals surface area (Å²) < 4.78 is 17.9. The first-order valence-electron chi connectivity index (χ1n) is 13.0. The Morgan fingerprint density at radius 2 is 1.32 bits per heavy atom. The van der Waals surface area contributed by atoms with Gasteiger partial charge in [0.2, 0.25) is 0 Å². The molecule has 0 radical (unpaired) electrons. The largest absolute Gasteiger partial charge is 0.497 e. The van der Waals surface area contributed by atoms with E-state index in [2.05, 4.69) is 46.4 Å². The number of rotatable bonds is 8. The van der Waals surface area contributed by atoms with Crippen LogP contribution in [0.2, 0.25) is 0 Å². The van der Waals surface area contributed by atoms with E-state index in [4.69, 9.17) is 14.2 Å². The summed E-state index contributed by atoms with van der Waals surface area (Å²) in [6.07, 6.45) is 5.94. The Kier molecular flexibility index (Phi) is 7.05. The molecule has 1 aliphatic rings. The van der Waals surface area contributed by atoms with E-state index in [-0.39, 0.29) is 0 Å². The summed E-state index contributed by atoms with van der Waals surface area (Å²) in [4.78, 5) is 8.95. The topological polar surface area (TPSA) is 47.1 Å². The SMILES string of the molecule is COc1cc(Oc2ccccc2)cc(-c2ccnc(-c3cccc(Oc4cccc(N5C=CN(C)C5)c4)c3)c2)c1. The van der Waals surface area contributed by atoms with E-state index in [1.165, 1.54) is 0 Å². The van der Waals surface area contributed by atoms with Crippen molar-refractivity contribution >= 4 is 5.69 Å². The van der Waals surface area contributed by atoms with Gasteiger partial charge in [0.25, 0.3) is 0 Å². The number of hydrogen-bond acceptors (Lipinski definition) is 6. The number of nitrogens with zero attached hydrogens (tertiary/aromatic N) is 3. The van der Waals surface area contributed by atoms with Crippen LogP contribution in [0.3, 0.4) is 0 Å². The van der Waals surface area contributed by atoms with Crippen molar-refractivity contribution in [3.05, 3.63) is 128 Å². The van der Waals surface area contributed by atoms with Crippen molar-refractivity contribution in [3.63, 3.8) is 0 Å². The highest BCUT2D eigenvalue weighted by molar-refractivity contribution is 5.73. The molecular formula is C34H29N3O3. The molecular weight excluding hydrogens is 498 g/mol. The average Bonchev–Trinajstić information content (AvgIpc) is 3.44.